The van der Waals surface area contributed by atoms with Crippen molar-refractivity contribution in [3.8, 4) is 0 Å². The zero-order chi connectivity index (χ0) is 23.4. The molecule has 1 N–H and O–H groups in total. The monoisotopic (exact) mass is 451 g/mol. The average molecular weight is 452 g/mol. The molecule has 1 saturated carbocycles. The van der Waals surface area contributed by atoms with E-state index in [0.717, 1.165) is 66.7 Å². The van der Waals surface area contributed by atoms with E-state index in [1.807, 2.05) is 26.0 Å². The molecule has 2 aliphatic rings. The van der Waals surface area contributed by atoms with Gasteiger partial charge in [0.15, 0.2) is 5.82 Å². The first kappa shape index (κ1) is 23.9. The minimum atomic E-state index is -0.135. The van der Waals surface area contributed by atoms with Crippen molar-refractivity contribution in [1.82, 2.24) is 25.0 Å². The molecule has 2 aromatic rings. The van der Waals surface area contributed by atoms with Gasteiger partial charge >= 0.3 is 0 Å². The number of nitrogens with one attached hydrogen (secondary N) is 1. The molecule has 1 atom stereocenters. The zero-order valence-corrected chi connectivity index (χ0v) is 20.9. The van der Waals surface area contributed by atoms with Crippen molar-refractivity contribution in [1.29, 1.82) is 0 Å². The Kier molecular flexibility index (Phi) is 7.84. The van der Waals surface area contributed by atoms with E-state index < -0.39 is 0 Å². The third kappa shape index (κ3) is 6.23. The molecule has 0 bridgehead atoms. The number of aromatic nitrogens is 3. The fourth-order valence-corrected chi connectivity index (χ4v) is 5.61. The van der Waals surface area contributed by atoms with Gasteiger partial charge in [-0.1, -0.05) is 50.3 Å². The fraction of sp³-hybridized carbons (Fsp3) is 0.667. The SMILES string of the molecule is Cc1cc(C)cc(C(=O)NC(CC(C)C)c2nnc3n2CCN(CC2CCCCC2)CC3)c1. The largest absolute Gasteiger partial charge is 0.342 e. The topological polar surface area (TPSA) is 63.1 Å². The smallest absolute Gasteiger partial charge is 0.251 e. The third-order valence-corrected chi connectivity index (χ3v) is 7.20. The molecule has 0 radical (unpaired) electrons. The van der Waals surface area contributed by atoms with E-state index in [1.165, 1.54) is 38.6 Å². The number of amides is 1. The lowest BCUT2D eigenvalue weighted by Gasteiger charge is -2.28. The van der Waals surface area contributed by atoms with Gasteiger partial charge in [0.25, 0.3) is 5.91 Å². The predicted molar refractivity (Wildman–Crippen MR) is 132 cm³/mol. The Bertz CT molecular complexity index is 924. The molecule has 0 spiro atoms. The number of hydrogen-bond donors (Lipinski definition) is 1. The summed E-state index contributed by atoms with van der Waals surface area (Å²) >= 11 is 0. The van der Waals surface area contributed by atoms with Crippen molar-refractivity contribution < 1.29 is 4.79 Å². The summed E-state index contributed by atoms with van der Waals surface area (Å²) in [7, 11) is 0. The lowest BCUT2D eigenvalue weighted by Crippen LogP contribution is -2.34. The molecule has 1 aromatic heterocycles. The number of carbonyl (C=O) groups is 1. The number of carbonyl (C=O) groups excluding carboxylic acids is 1. The molecular weight excluding hydrogens is 410 g/mol. The van der Waals surface area contributed by atoms with Crippen LogP contribution in [0.15, 0.2) is 18.2 Å². The highest BCUT2D eigenvalue weighted by Crippen LogP contribution is 2.26. The third-order valence-electron chi connectivity index (χ3n) is 7.20. The molecule has 33 heavy (non-hydrogen) atoms. The summed E-state index contributed by atoms with van der Waals surface area (Å²) in [5.74, 6) is 3.24. The maximum Gasteiger partial charge on any atom is 0.251 e. The first-order chi connectivity index (χ1) is 15.9. The molecule has 1 aliphatic heterocycles. The molecule has 180 valence electrons. The Hall–Kier alpha value is -2.21. The van der Waals surface area contributed by atoms with Gasteiger partial charge in [-0.2, -0.15) is 0 Å². The number of aryl methyl sites for hydroxylation is 2. The van der Waals surface area contributed by atoms with Gasteiger partial charge in [-0.3, -0.25) is 4.79 Å². The molecule has 1 aromatic carbocycles. The van der Waals surface area contributed by atoms with Crippen LogP contribution >= 0.6 is 0 Å². The Morgan fingerprint density at radius 3 is 2.45 bits per heavy atom. The standard InChI is InChI=1S/C27H41N5O/c1-19(2)14-24(28-27(33)23-16-20(3)15-21(4)17-23)26-30-29-25-10-11-31(12-13-32(25)26)18-22-8-6-5-7-9-22/h15-17,19,22,24H,5-14,18H2,1-4H3,(H,28,33). The van der Waals surface area contributed by atoms with Gasteiger partial charge in [0, 0.05) is 38.2 Å². The second-order valence-corrected chi connectivity index (χ2v) is 10.7. The van der Waals surface area contributed by atoms with Gasteiger partial charge in [-0.05, 0) is 57.1 Å². The Balaban J connectivity index is 1.48. The Morgan fingerprint density at radius 2 is 1.76 bits per heavy atom. The highest BCUT2D eigenvalue weighted by molar-refractivity contribution is 5.94. The molecule has 1 fully saturated rings. The van der Waals surface area contributed by atoms with E-state index in [2.05, 4.69) is 44.9 Å². The van der Waals surface area contributed by atoms with Crippen LogP contribution in [0, 0.1) is 25.7 Å². The van der Waals surface area contributed by atoms with Gasteiger partial charge in [0.05, 0.1) is 6.04 Å². The number of nitrogens with zero attached hydrogens (tertiary/aromatic N) is 4. The van der Waals surface area contributed by atoms with Gasteiger partial charge in [-0.25, -0.2) is 0 Å². The van der Waals surface area contributed by atoms with Crippen LogP contribution in [-0.2, 0) is 13.0 Å². The highest BCUT2D eigenvalue weighted by Gasteiger charge is 2.27. The van der Waals surface area contributed by atoms with Crippen LogP contribution < -0.4 is 5.32 Å². The lowest BCUT2D eigenvalue weighted by atomic mass is 9.89. The fourth-order valence-electron chi connectivity index (χ4n) is 5.61. The van der Waals surface area contributed by atoms with Crippen LogP contribution in [-0.4, -0.2) is 45.2 Å². The second kappa shape index (κ2) is 10.8. The summed E-state index contributed by atoms with van der Waals surface area (Å²) in [4.78, 5) is 15.8. The number of benzene rings is 1. The highest BCUT2D eigenvalue weighted by atomic mass is 16.1. The van der Waals surface area contributed by atoms with E-state index in [4.69, 9.17) is 0 Å². The van der Waals surface area contributed by atoms with Crippen LogP contribution in [0.3, 0.4) is 0 Å². The molecule has 1 unspecified atom stereocenters. The number of rotatable bonds is 7. The van der Waals surface area contributed by atoms with Gasteiger partial charge in [-0.15, -0.1) is 10.2 Å². The molecule has 6 nitrogen and oxygen atoms in total. The minimum Gasteiger partial charge on any atom is -0.342 e. The molecule has 6 heteroatoms. The summed E-state index contributed by atoms with van der Waals surface area (Å²) in [6, 6.07) is 5.88. The summed E-state index contributed by atoms with van der Waals surface area (Å²) in [5, 5.41) is 12.5. The van der Waals surface area contributed by atoms with Crippen molar-refractivity contribution in [3.63, 3.8) is 0 Å². The molecule has 2 heterocycles. The van der Waals surface area contributed by atoms with Crippen molar-refractivity contribution >= 4 is 5.91 Å². The maximum atomic E-state index is 13.2. The van der Waals surface area contributed by atoms with Crippen molar-refractivity contribution in [3.05, 3.63) is 46.5 Å². The van der Waals surface area contributed by atoms with Gasteiger partial charge in [0.1, 0.15) is 5.82 Å². The summed E-state index contributed by atoms with van der Waals surface area (Å²) in [6.45, 7) is 12.7. The molecule has 1 aliphatic carbocycles. The quantitative estimate of drug-likeness (QED) is 0.654. The summed E-state index contributed by atoms with van der Waals surface area (Å²) in [5.41, 5.74) is 2.93. The van der Waals surface area contributed by atoms with Crippen LogP contribution in [0.1, 0.15) is 91.5 Å². The van der Waals surface area contributed by atoms with E-state index in [1.54, 1.807) is 0 Å². The van der Waals surface area contributed by atoms with Crippen LogP contribution in [0.5, 0.6) is 0 Å². The van der Waals surface area contributed by atoms with Crippen LogP contribution in [0.25, 0.3) is 0 Å². The zero-order valence-electron chi connectivity index (χ0n) is 20.9. The molecular formula is C27H41N5O. The van der Waals surface area contributed by atoms with Crippen molar-refractivity contribution in [2.75, 3.05) is 19.6 Å². The van der Waals surface area contributed by atoms with Gasteiger partial charge < -0.3 is 14.8 Å². The maximum absolute atomic E-state index is 13.2. The van der Waals surface area contributed by atoms with Crippen molar-refractivity contribution in [2.24, 2.45) is 11.8 Å². The molecule has 4 rings (SSSR count). The van der Waals surface area contributed by atoms with Gasteiger partial charge in [0.2, 0.25) is 0 Å². The Morgan fingerprint density at radius 1 is 1.03 bits per heavy atom. The number of fused-ring (bicyclic) bond motifs is 1. The summed E-state index contributed by atoms with van der Waals surface area (Å²) < 4.78 is 2.29. The first-order valence-corrected chi connectivity index (χ1v) is 12.9. The van der Waals surface area contributed by atoms with E-state index in [9.17, 15) is 4.79 Å². The normalized spacial score (nSPS) is 18.7. The first-order valence-electron chi connectivity index (χ1n) is 12.9. The van der Waals surface area contributed by atoms with E-state index in [-0.39, 0.29) is 11.9 Å². The average Bonchev–Trinajstić information content (AvgIpc) is 3.07. The second-order valence-electron chi connectivity index (χ2n) is 10.7. The molecule has 0 saturated heterocycles. The number of hydrogen-bond acceptors (Lipinski definition) is 4. The van der Waals surface area contributed by atoms with Crippen LogP contribution in [0.2, 0.25) is 0 Å². The predicted octanol–water partition coefficient (Wildman–Crippen LogP) is 4.85. The van der Waals surface area contributed by atoms with Crippen molar-refractivity contribution in [2.45, 2.75) is 85.2 Å². The van der Waals surface area contributed by atoms with Crippen LogP contribution in [0.4, 0.5) is 0 Å². The lowest BCUT2D eigenvalue weighted by molar-refractivity contribution is 0.0928. The Labute approximate surface area is 199 Å². The molecule has 1 amide bonds. The van der Waals surface area contributed by atoms with E-state index >= 15 is 0 Å². The minimum absolute atomic E-state index is 0.0302. The summed E-state index contributed by atoms with van der Waals surface area (Å²) in [6.07, 6.45) is 8.74. The van der Waals surface area contributed by atoms with E-state index in [0.29, 0.717) is 5.92 Å².